The first-order chi connectivity index (χ1) is 14.5. The Hall–Kier alpha value is -2.21. The Labute approximate surface area is 182 Å². The third kappa shape index (κ3) is 4.43. The summed E-state index contributed by atoms with van der Waals surface area (Å²) in [7, 11) is 0. The first-order valence-electron chi connectivity index (χ1n) is 10.9. The standard InChI is InChI=1S/C24H30N2O3S/c1-16(2)29-23(27)21-15-30-22(18-10-4-3-5-11-18)26(21)24(28)25-20-14-8-12-17-9-6-7-13-19(17)20/h6-9,12-14,16,18,21-22H,3-5,10-11,15H2,1-2H3,(H,25,28)/t21-,22-/m0/s1. The van der Waals surface area contributed by atoms with Crippen LogP contribution in [0.1, 0.15) is 46.0 Å². The number of hydrogen-bond donors (Lipinski definition) is 1. The van der Waals surface area contributed by atoms with Gasteiger partial charge in [0.2, 0.25) is 0 Å². The highest BCUT2D eigenvalue weighted by Crippen LogP contribution is 2.41. The van der Waals surface area contributed by atoms with Crippen molar-refractivity contribution in [3.05, 3.63) is 42.5 Å². The minimum Gasteiger partial charge on any atom is -0.461 e. The van der Waals surface area contributed by atoms with Gasteiger partial charge in [-0.05, 0) is 44.1 Å². The summed E-state index contributed by atoms with van der Waals surface area (Å²) in [5, 5.41) is 5.19. The average Bonchev–Trinajstić information content (AvgIpc) is 3.20. The van der Waals surface area contributed by atoms with Gasteiger partial charge in [-0.2, -0.15) is 0 Å². The van der Waals surface area contributed by atoms with E-state index >= 15 is 0 Å². The molecule has 0 spiro atoms. The summed E-state index contributed by atoms with van der Waals surface area (Å²) in [5.74, 6) is 0.720. The minimum absolute atomic E-state index is 0.0185. The predicted octanol–water partition coefficient (Wildman–Crippen LogP) is 5.65. The maximum atomic E-state index is 13.5. The number of thioether (sulfide) groups is 1. The molecule has 30 heavy (non-hydrogen) atoms. The number of benzene rings is 2. The van der Waals surface area contributed by atoms with Crippen molar-refractivity contribution < 1.29 is 14.3 Å². The highest BCUT2D eigenvalue weighted by Gasteiger charge is 2.46. The largest absolute Gasteiger partial charge is 0.461 e. The van der Waals surface area contributed by atoms with E-state index in [1.807, 2.05) is 56.3 Å². The quantitative estimate of drug-likeness (QED) is 0.642. The molecular formula is C24H30N2O3S. The summed E-state index contributed by atoms with van der Waals surface area (Å²) in [5.41, 5.74) is 0.772. The van der Waals surface area contributed by atoms with Crippen molar-refractivity contribution in [2.75, 3.05) is 11.1 Å². The van der Waals surface area contributed by atoms with E-state index in [9.17, 15) is 9.59 Å². The van der Waals surface area contributed by atoms with E-state index in [0.717, 1.165) is 29.3 Å². The van der Waals surface area contributed by atoms with Crippen LogP contribution in [-0.4, -0.2) is 40.2 Å². The Morgan fingerprint density at radius 3 is 2.57 bits per heavy atom. The first-order valence-corrected chi connectivity index (χ1v) is 12.0. The molecule has 160 valence electrons. The zero-order chi connectivity index (χ0) is 21.1. The molecule has 1 saturated heterocycles. The molecule has 2 aliphatic rings. The van der Waals surface area contributed by atoms with E-state index < -0.39 is 6.04 Å². The van der Waals surface area contributed by atoms with Gasteiger partial charge in [0.1, 0.15) is 6.04 Å². The van der Waals surface area contributed by atoms with E-state index in [1.165, 1.54) is 19.3 Å². The predicted molar refractivity (Wildman–Crippen MR) is 123 cm³/mol. The Balaban J connectivity index is 1.60. The van der Waals surface area contributed by atoms with Gasteiger partial charge in [0.15, 0.2) is 0 Å². The monoisotopic (exact) mass is 426 g/mol. The molecule has 0 aromatic heterocycles. The van der Waals surface area contributed by atoms with Gasteiger partial charge in [0, 0.05) is 11.1 Å². The number of urea groups is 1. The highest BCUT2D eigenvalue weighted by atomic mass is 32.2. The number of fused-ring (bicyclic) bond motifs is 1. The lowest BCUT2D eigenvalue weighted by molar-refractivity contribution is -0.151. The molecule has 0 bridgehead atoms. The van der Waals surface area contributed by atoms with Crippen LogP contribution in [0.5, 0.6) is 0 Å². The number of hydrogen-bond acceptors (Lipinski definition) is 4. The second-order valence-electron chi connectivity index (χ2n) is 8.49. The van der Waals surface area contributed by atoms with E-state index in [0.29, 0.717) is 11.7 Å². The van der Waals surface area contributed by atoms with Crippen LogP contribution < -0.4 is 5.32 Å². The highest BCUT2D eigenvalue weighted by molar-refractivity contribution is 8.00. The smallest absolute Gasteiger partial charge is 0.330 e. The topological polar surface area (TPSA) is 58.6 Å². The van der Waals surface area contributed by atoms with Gasteiger partial charge in [-0.3, -0.25) is 4.90 Å². The van der Waals surface area contributed by atoms with Gasteiger partial charge in [0.05, 0.1) is 17.2 Å². The van der Waals surface area contributed by atoms with Gasteiger partial charge in [-0.25, -0.2) is 9.59 Å². The van der Waals surface area contributed by atoms with Crippen LogP contribution in [-0.2, 0) is 9.53 Å². The Morgan fingerprint density at radius 1 is 1.07 bits per heavy atom. The third-order valence-electron chi connectivity index (χ3n) is 5.98. The Morgan fingerprint density at radius 2 is 1.80 bits per heavy atom. The molecule has 0 radical (unpaired) electrons. The number of carbonyl (C=O) groups excluding carboxylic acids is 2. The lowest BCUT2D eigenvalue weighted by atomic mass is 9.88. The number of esters is 1. The van der Waals surface area contributed by atoms with Crippen molar-refractivity contribution in [3.63, 3.8) is 0 Å². The maximum absolute atomic E-state index is 13.5. The molecule has 1 N–H and O–H groups in total. The maximum Gasteiger partial charge on any atom is 0.330 e. The number of nitrogens with zero attached hydrogens (tertiary/aromatic N) is 1. The van der Waals surface area contributed by atoms with E-state index in [1.54, 1.807) is 16.7 Å². The molecule has 1 aliphatic carbocycles. The molecule has 4 rings (SSSR count). The van der Waals surface area contributed by atoms with E-state index in [2.05, 4.69) is 5.32 Å². The molecule has 2 fully saturated rings. The van der Waals surface area contributed by atoms with Gasteiger partial charge in [-0.15, -0.1) is 11.8 Å². The summed E-state index contributed by atoms with van der Waals surface area (Å²) in [6.45, 7) is 3.69. The number of carbonyl (C=O) groups is 2. The minimum atomic E-state index is -0.542. The van der Waals surface area contributed by atoms with Crippen LogP contribution in [0, 0.1) is 5.92 Å². The van der Waals surface area contributed by atoms with Gasteiger partial charge in [0.25, 0.3) is 0 Å². The SMILES string of the molecule is CC(C)OC(=O)[C@@H]1CS[C@@H](C2CCCCC2)N1C(=O)Nc1cccc2ccccc12. The summed E-state index contributed by atoms with van der Waals surface area (Å²) < 4.78 is 5.50. The number of rotatable bonds is 4. The second-order valence-corrected chi connectivity index (χ2v) is 9.64. The van der Waals surface area contributed by atoms with Crippen LogP contribution in [0.4, 0.5) is 10.5 Å². The van der Waals surface area contributed by atoms with Crippen LogP contribution in [0.15, 0.2) is 42.5 Å². The molecule has 2 aromatic carbocycles. The molecule has 2 atom stereocenters. The van der Waals surface area contributed by atoms with Crippen molar-refractivity contribution >= 4 is 40.2 Å². The summed E-state index contributed by atoms with van der Waals surface area (Å²) in [4.78, 5) is 28.1. The lowest BCUT2D eigenvalue weighted by Crippen LogP contribution is -2.50. The summed E-state index contributed by atoms with van der Waals surface area (Å²) >= 11 is 1.73. The van der Waals surface area contributed by atoms with Crippen LogP contribution >= 0.6 is 11.8 Å². The second kappa shape index (κ2) is 9.29. The first kappa shape index (κ1) is 21.0. The summed E-state index contributed by atoms with van der Waals surface area (Å²) in [6, 6.07) is 13.1. The lowest BCUT2D eigenvalue weighted by Gasteiger charge is -2.35. The fourth-order valence-corrected chi connectivity index (χ4v) is 6.20. The van der Waals surface area contributed by atoms with Crippen molar-refractivity contribution in [1.29, 1.82) is 0 Å². The molecule has 1 heterocycles. The zero-order valence-electron chi connectivity index (χ0n) is 17.7. The Kier molecular flexibility index (Phi) is 6.52. The van der Waals surface area contributed by atoms with E-state index in [-0.39, 0.29) is 23.5 Å². The van der Waals surface area contributed by atoms with Crippen molar-refractivity contribution in [1.82, 2.24) is 4.90 Å². The molecule has 0 unspecified atom stereocenters. The van der Waals surface area contributed by atoms with Gasteiger partial charge >= 0.3 is 12.0 Å². The average molecular weight is 427 g/mol. The van der Waals surface area contributed by atoms with Crippen LogP contribution in [0.25, 0.3) is 10.8 Å². The molecule has 2 amide bonds. The van der Waals surface area contributed by atoms with Crippen molar-refractivity contribution in [2.24, 2.45) is 5.92 Å². The van der Waals surface area contributed by atoms with E-state index in [4.69, 9.17) is 4.74 Å². The molecular weight excluding hydrogens is 396 g/mol. The van der Waals surface area contributed by atoms with Crippen LogP contribution in [0.3, 0.4) is 0 Å². The molecule has 1 saturated carbocycles. The fraction of sp³-hybridized carbons (Fsp3) is 0.500. The number of amides is 2. The van der Waals surface area contributed by atoms with Gasteiger partial charge in [-0.1, -0.05) is 55.7 Å². The summed E-state index contributed by atoms with van der Waals surface area (Å²) in [6.07, 6.45) is 5.68. The normalized spacial score (nSPS) is 22.4. The molecule has 2 aromatic rings. The third-order valence-corrected chi connectivity index (χ3v) is 7.44. The van der Waals surface area contributed by atoms with Crippen LogP contribution in [0.2, 0.25) is 0 Å². The van der Waals surface area contributed by atoms with Crippen molar-refractivity contribution in [3.8, 4) is 0 Å². The molecule has 5 nitrogen and oxygen atoms in total. The zero-order valence-corrected chi connectivity index (χ0v) is 18.5. The number of nitrogens with one attached hydrogen (secondary N) is 1. The Bertz CT molecular complexity index is 905. The number of ether oxygens (including phenoxy) is 1. The van der Waals surface area contributed by atoms with Crippen molar-refractivity contribution in [2.45, 2.75) is 63.5 Å². The molecule has 1 aliphatic heterocycles. The number of anilines is 1. The fourth-order valence-electron chi connectivity index (χ4n) is 4.57. The van der Waals surface area contributed by atoms with Gasteiger partial charge < -0.3 is 10.1 Å². The molecule has 6 heteroatoms.